The van der Waals surface area contributed by atoms with Crippen molar-refractivity contribution >= 4 is 5.91 Å². The van der Waals surface area contributed by atoms with Gasteiger partial charge in [0.1, 0.15) is 5.69 Å². The van der Waals surface area contributed by atoms with Crippen molar-refractivity contribution in [3.05, 3.63) is 24.3 Å². The highest BCUT2D eigenvalue weighted by atomic mass is 16.2. The Morgan fingerprint density at radius 2 is 2.32 bits per heavy atom. The summed E-state index contributed by atoms with van der Waals surface area (Å²) in [5.74, 6) is 0.624. The maximum absolute atomic E-state index is 12.3. The number of likely N-dealkylation sites (tertiary alicyclic amines) is 1. The van der Waals surface area contributed by atoms with Gasteiger partial charge < -0.3 is 9.80 Å². The summed E-state index contributed by atoms with van der Waals surface area (Å²) < 4.78 is 0. The maximum Gasteiger partial charge on any atom is 0.274 e. The second-order valence-electron chi connectivity index (χ2n) is 5.44. The number of nitrogens with zero attached hydrogens (tertiary/aromatic N) is 4. The molecule has 104 valence electrons. The molecule has 2 heterocycles. The molecule has 0 unspecified atom stereocenters. The van der Waals surface area contributed by atoms with E-state index < -0.39 is 0 Å². The van der Waals surface area contributed by atoms with E-state index in [1.54, 1.807) is 18.6 Å². The SMILES string of the molecule is CN(C)CC[C@@H]1CCCN(C(=O)c2cnccn2)C1. The predicted octanol–water partition coefficient (Wildman–Crippen LogP) is 1.28. The lowest BCUT2D eigenvalue weighted by molar-refractivity contribution is 0.0657. The molecule has 1 atom stereocenters. The van der Waals surface area contributed by atoms with Crippen LogP contribution in [0.5, 0.6) is 0 Å². The predicted molar refractivity (Wildman–Crippen MR) is 73.8 cm³/mol. The van der Waals surface area contributed by atoms with Crippen molar-refractivity contribution in [1.82, 2.24) is 19.8 Å². The Labute approximate surface area is 114 Å². The second-order valence-corrected chi connectivity index (χ2v) is 5.44. The molecule has 1 fully saturated rings. The van der Waals surface area contributed by atoms with Crippen LogP contribution in [-0.2, 0) is 0 Å². The summed E-state index contributed by atoms with van der Waals surface area (Å²) in [4.78, 5) is 24.5. The van der Waals surface area contributed by atoms with E-state index in [9.17, 15) is 4.79 Å². The molecule has 1 aliphatic heterocycles. The first-order valence-electron chi connectivity index (χ1n) is 6.87. The minimum Gasteiger partial charge on any atom is -0.337 e. The van der Waals surface area contributed by atoms with Crippen LogP contribution in [0.25, 0.3) is 0 Å². The molecule has 1 aromatic rings. The van der Waals surface area contributed by atoms with E-state index in [4.69, 9.17) is 0 Å². The molecule has 0 aliphatic carbocycles. The van der Waals surface area contributed by atoms with Gasteiger partial charge in [-0.25, -0.2) is 4.98 Å². The number of hydrogen-bond acceptors (Lipinski definition) is 4. The van der Waals surface area contributed by atoms with Crippen molar-refractivity contribution in [3.8, 4) is 0 Å². The van der Waals surface area contributed by atoms with Crippen molar-refractivity contribution < 1.29 is 4.79 Å². The Hall–Kier alpha value is -1.49. The first-order valence-corrected chi connectivity index (χ1v) is 6.87. The van der Waals surface area contributed by atoms with Crippen LogP contribution in [0.1, 0.15) is 29.8 Å². The highest BCUT2D eigenvalue weighted by Gasteiger charge is 2.25. The molecule has 0 N–H and O–H groups in total. The van der Waals surface area contributed by atoms with E-state index in [0.29, 0.717) is 11.6 Å². The van der Waals surface area contributed by atoms with Crippen LogP contribution in [-0.4, -0.2) is 59.4 Å². The molecule has 0 spiro atoms. The van der Waals surface area contributed by atoms with Crippen molar-refractivity contribution in [2.24, 2.45) is 5.92 Å². The van der Waals surface area contributed by atoms with E-state index in [-0.39, 0.29) is 5.91 Å². The maximum atomic E-state index is 12.3. The number of rotatable bonds is 4. The van der Waals surface area contributed by atoms with Crippen LogP contribution in [0.4, 0.5) is 0 Å². The zero-order chi connectivity index (χ0) is 13.7. The van der Waals surface area contributed by atoms with Crippen molar-refractivity contribution in [2.45, 2.75) is 19.3 Å². The lowest BCUT2D eigenvalue weighted by Gasteiger charge is -2.33. The highest BCUT2D eigenvalue weighted by molar-refractivity contribution is 5.92. The summed E-state index contributed by atoms with van der Waals surface area (Å²) >= 11 is 0. The van der Waals surface area contributed by atoms with E-state index in [1.807, 2.05) is 4.90 Å². The number of carbonyl (C=O) groups is 1. The van der Waals surface area contributed by atoms with Crippen molar-refractivity contribution in [3.63, 3.8) is 0 Å². The zero-order valence-corrected chi connectivity index (χ0v) is 11.7. The minimum atomic E-state index is 0.0163. The van der Waals surface area contributed by atoms with Crippen LogP contribution in [0.2, 0.25) is 0 Å². The fraction of sp³-hybridized carbons (Fsp3) is 0.643. The van der Waals surface area contributed by atoms with Gasteiger partial charge in [-0.15, -0.1) is 0 Å². The molecule has 19 heavy (non-hydrogen) atoms. The van der Waals surface area contributed by atoms with Gasteiger partial charge in [-0.3, -0.25) is 9.78 Å². The Kier molecular flexibility index (Phi) is 4.85. The van der Waals surface area contributed by atoms with Crippen LogP contribution in [0.3, 0.4) is 0 Å². The van der Waals surface area contributed by atoms with Crippen molar-refractivity contribution in [2.75, 3.05) is 33.7 Å². The van der Waals surface area contributed by atoms with Gasteiger partial charge in [-0.05, 0) is 45.8 Å². The van der Waals surface area contributed by atoms with E-state index in [1.165, 1.54) is 6.42 Å². The molecule has 0 saturated carbocycles. The van der Waals surface area contributed by atoms with Gasteiger partial charge in [0, 0.05) is 25.5 Å². The van der Waals surface area contributed by atoms with Gasteiger partial charge >= 0.3 is 0 Å². The van der Waals surface area contributed by atoms with Crippen molar-refractivity contribution in [1.29, 1.82) is 0 Å². The largest absolute Gasteiger partial charge is 0.337 e. The average molecular weight is 262 g/mol. The number of aromatic nitrogens is 2. The molecule has 1 aliphatic rings. The molecule has 5 nitrogen and oxygen atoms in total. The Morgan fingerprint density at radius 1 is 1.47 bits per heavy atom. The summed E-state index contributed by atoms with van der Waals surface area (Å²) in [7, 11) is 4.18. The fourth-order valence-corrected chi connectivity index (χ4v) is 2.50. The molecule has 1 aromatic heterocycles. The van der Waals surface area contributed by atoms with Crippen LogP contribution < -0.4 is 0 Å². The molecule has 1 amide bonds. The monoisotopic (exact) mass is 262 g/mol. The molecular formula is C14H22N4O. The molecule has 0 aromatic carbocycles. The van der Waals surface area contributed by atoms with Gasteiger partial charge in [0.25, 0.3) is 5.91 Å². The first kappa shape index (κ1) is 13.9. The summed E-state index contributed by atoms with van der Waals surface area (Å²) in [6, 6.07) is 0. The molecular weight excluding hydrogens is 240 g/mol. The van der Waals surface area contributed by atoms with E-state index in [2.05, 4.69) is 29.0 Å². The molecule has 0 bridgehead atoms. The quantitative estimate of drug-likeness (QED) is 0.820. The average Bonchev–Trinajstić information content (AvgIpc) is 2.45. The van der Waals surface area contributed by atoms with Crippen LogP contribution >= 0.6 is 0 Å². The van der Waals surface area contributed by atoms with E-state index in [0.717, 1.165) is 32.5 Å². The Morgan fingerprint density at radius 3 is 3.00 bits per heavy atom. The summed E-state index contributed by atoms with van der Waals surface area (Å²) in [5, 5.41) is 0. The normalized spacial score (nSPS) is 19.7. The van der Waals surface area contributed by atoms with Gasteiger partial charge in [0.15, 0.2) is 0 Å². The summed E-state index contributed by atoms with van der Waals surface area (Å²) in [6.45, 7) is 2.77. The lowest BCUT2D eigenvalue weighted by atomic mass is 9.94. The molecule has 0 radical (unpaired) electrons. The number of amides is 1. The molecule has 2 rings (SSSR count). The Balaban J connectivity index is 1.92. The second kappa shape index (κ2) is 6.61. The number of carbonyl (C=O) groups excluding carboxylic acids is 1. The third kappa shape index (κ3) is 3.99. The number of hydrogen-bond donors (Lipinski definition) is 0. The summed E-state index contributed by atoms with van der Waals surface area (Å²) in [5.41, 5.74) is 0.454. The zero-order valence-electron chi connectivity index (χ0n) is 11.7. The number of piperidine rings is 1. The van der Waals surface area contributed by atoms with Crippen LogP contribution in [0, 0.1) is 5.92 Å². The van der Waals surface area contributed by atoms with E-state index >= 15 is 0 Å². The van der Waals surface area contributed by atoms with Gasteiger partial charge in [0.05, 0.1) is 6.20 Å². The summed E-state index contributed by atoms with van der Waals surface area (Å²) in [6.07, 6.45) is 8.17. The molecule has 5 heteroatoms. The highest BCUT2D eigenvalue weighted by Crippen LogP contribution is 2.20. The smallest absolute Gasteiger partial charge is 0.274 e. The minimum absolute atomic E-state index is 0.0163. The standard InChI is InChI=1S/C14H22N4O/c1-17(2)9-5-12-4-3-8-18(11-12)14(19)13-10-15-6-7-16-13/h6-7,10,12H,3-5,8-9,11H2,1-2H3/t12-/m0/s1. The Bertz CT molecular complexity index is 407. The third-order valence-electron chi connectivity index (χ3n) is 3.57. The van der Waals surface area contributed by atoms with Gasteiger partial charge in [0.2, 0.25) is 0 Å². The van der Waals surface area contributed by atoms with Gasteiger partial charge in [-0.2, -0.15) is 0 Å². The molecule has 1 saturated heterocycles. The lowest BCUT2D eigenvalue weighted by Crippen LogP contribution is -2.41. The first-order chi connectivity index (χ1) is 9.16. The fourth-order valence-electron chi connectivity index (χ4n) is 2.50. The third-order valence-corrected chi connectivity index (χ3v) is 3.57. The van der Waals surface area contributed by atoms with Crippen LogP contribution in [0.15, 0.2) is 18.6 Å². The topological polar surface area (TPSA) is 49.3 Å². The van der Waals surface area contributed by atoms with Gasteiger partial charge in [-0.1, -0.05) is 0 Å².